The van der Waals surface area contributed by atoms with E-state index < -0.39 is 20.0 Å². The number of anilines is 1. The number of sulfonamides is 2. The minimum Gasteiger partial charge on any atom is -0.494 e. The zero-order chi connectivity index (χ0) is 16.7. The third-order valence-corrected chi connectivity index (χ3v) is 6.19. The summed E-state index contributed by atoms with van der Waals surface area (Å²) < 4.78 is 58.7. The van der Waals surface area contributed by atoms with Crippen molar-refractivity contribution in [1.82, 2.24) is 0 Å². The molecule has 2 rings (SSSR count). The molecule has 1 atom stereocenters. The summed E-state index contributed by atoms with van der Waals surface area (Å²) in [5.41, 5.74) is 0.578. The fraction of sp³-hybridized carbons (Fsp3) is 0.385. The lowest BCUT2D eigenvalue weighted by atomic mass is 10.1. The van der Waals surface area contributed by atoms with Crippen LogP contribution in [0.4, 0.5) is 5.69 Å². The van der Waals surface area contributed by atoms with Crippen LogP contribution in [-0.4, -0.2) is 42.6 Å². The first-order valence-corrected chi connectivity index (χ1v) is 10.0. The molecule has 1 aliphatic rings. The van der Waals surface area contributed by atoms with Gasteiger partial charge in [-0.15, -0.1) is 0 Å². The fourth-order valence-corrected chi connectivity index (χ4v) is 5.15. The Bertz CT molecular complexity index is 794. The van der Waals surface area contributed by atoms with Gasteiger partial charge >= 0.3 is 0 Å². The number of hydrogen-bond acceptors (Lipinski definition) is 6. The van der Waals surface area contributed by atoms with Crippen LogP contribution in [0, 0.1) is 0 Å². The number of ether oxygens (including phenoxy) is 2. The molecule has 0 bridgehead atoms. The van der Waals surface area contributed by atoms with Crippen molar-refractivity contribution in [3.63, 3.8) is 0 Å². The molecule has 122 valence electrons. The van der Waals surface area contributed by atoms with Gasteiger partial charge in [-0.05, 0) is 19.1 Å². The normalized spacial score (nSPS) is 17.5. The molecule has 0 amide bonds. The van der Waals surface area contributed by atoms with Gasteiger partial charge in [0.2, 0.25) is 20.0 Å². The summed E-state index contributed by atoms with van der Waals surface area (Å²) in [4.78, 5) is 0. The highest BCUT2D eigenvalue weighted by Crippen LogP contribution is 2.40. The van der Waals surface area contributed by atoms with Crippen LogP contribution in [0.15, 0.2) is 18.2 Å². The van der Waals surface area contributed by atoms with Crippen LogP contribution < -0.4 is 13.2 Å². The highest BCUT2D eigenvalue weighted by molar-refractivity contribution is 8.09. The van der Waals surface area contributed by atoms with Crippen molar-refractivity contribution in [1.29, 1.82) is 0 Å². The van der Waals surface area contributed by atoms with E-state index in [2.05, 4.69) is 0 Å². The average Bonchev–Trinajstić information content (AvgIpc) is 2.34. The summed E-state index contributed by atoms with van der Waals surface area (Å²) in [6, 6.07) is 2.90. The van der Waals surface area contributed by atoms with E-state index >= 15 is 0 Å². The topological polar surface area (TPSA) is 90.0 Å². The molecule has 1 aromatic rings. The molecule has 22 heavy (non-hydrogen) atoms. The van der Waals surface area contributed by atoms with E-state index in [0.29, 0.717) is 15.0 Å². The van der Waals surface area contributed by atoms with E-state index in [0.717, 1.165) is 12.5 Å². The first-order chi connectivity index (χ1) is 10.0. The lowest BCUT2D eigenvalue weighted by Gasteiger charge is -2.25. The van der Waals surface area contributed by atoms with Crippen molar-refractivity contribution < 1.29 is 26.3 Å². The summed E-state index contributed by atoms with van der Waals surface area (Å²) in [7, 11) is -6.78. The van der Waals surface area contributed by atoms with Gasteiger partial charge in [-0.25, -0.2) is 16.8 Å². The Morgan fingerprint density at radius 2 is 1.73 bits per heavy atom. The second-order valence-corrected chi connectivity index (χ2v) is 8.86. The summed E-state index contributed by atoms with van der Waals surface area (Å²) in [5, 5.41) is 0. The van der Waals surface area contributed by atoms with Gasteiger partial charge in [0.1, 0.15) is 23.3 Å². The van der Waals surface area contributed by atoms with Gasteiger partial charge < -0.3 is 9.47 Å². The maximum Gasteiger partial charge on any atom is 0.245 e. The molecular weight excluding hydrogens is 330 g/mol. The summed E-state index contributed by atoms with van der Waals surface area (Å²) in [6.07, 6.45) is 5.07. The quantitative estimate of drug-likeness (QED) is 0.813. The van der Waals surface area contributed by atoms with E-state index in [1.165, 1.54) is 19.2 Å². The van der Waals surface area contributed by atoms with Crippen molar-refractivity contribution >= 4 is 31.8 Å². The number of hydrogen-bond donors (Lipinski definition) is 0. The molecule has 0 fully saturated rings. The van der Waals surface area contributed by atoms with Gasteiger partial charge in [-0.1, -0.05) is 6.08 Å². The molecule has 0 aromatic heterocycles. The van der Waals surface area contributed by atoms with Gasteiger partial charge in [0.25, 0.3) is 0 Å². The highest BCUT2D eigenvalue weighted by Gasteiger charge is 2.31. The molecule has 0 spiro atoms. The molecule has 1 aromatic carbocycles. The Labute approximate surface area is 130 Å². The first-order valence-electron chi connectivity index (χ1n) is 6.31. The summed E-state index contributed by atoms with van der Waals surface area (Å²) >= 11 is 0. The second kappa shape index (κ2) is 5.47. The van der Waals surface area contributed by atoms with Crippen molar-refractivity contribution in [2.24, 2.45) is 0 Å². The van der Waals surface area contributed by atoms with Crippen LogP contribution in [0.1, 0.15) is 12.5 Å². The van der Waals surface area contributed by atoms with Crippen LogP contribution in [-0.2, 0) is 20.0 Å². The molecular formula is C13H17NO6S2. The fourth-order valence-electron chi connectivity index (χ4n) is 2.19. The van der Waals surface area contributed by atoms with E-state index in [-0.39, 0.29) is 17.5 Å². The zero-order valence-electron chi connectivity index (χ0n) is 12.6. The molecule has 1 aliphatic heterocycles. The van der Waals surface area contributed by atoms with E-state index in [9.17, 15) is 16.8 Å². The van der Waals surface area contributed by atoms with Gasteiger partial charge in [0.15, 0.2) is 0 Å². The lowest BCUT2D eigenvalue weighted by Crippen LogP contribution is -2.35. The lowest BCUT2D eigenvalue weighted by molar-refractivity contribution is 0.266. The molecule has 0 N–H and O–H groups in total. The molecule has 0 aliphatic carbocycles. The van der Waals surface area contributed by atoms with Crippen molar-refractivity contribution in [2.45, 2.75) is 13.0 Å². The monoisotopic (exact) mass is 347 g/mol. The van der Waals surface area contributed by atoms with Gasteiger partial charge in [0, 0.05) is 11.6 Å². The van der Waals surface area contributed by atoms with Crippen molar-refractivity contribution in [2.75, 3.05) is 23.3 Å². The predicted molar refractivity (Wildman–Crippen MR) is 84.3 cm³/mol. The Morgan fingerprint density at radius 3 is 2.23 bits per heavy atom. The van der Waals surface area contributed by atoms with Crippen molar-refractivity contribution in [3.8, 4) is 11.5 Å². The van der Waals surface area contributed by atoms with Gasteiger partial charge in [0.05, 0.1) is 19.6 Å². The Kier molecular flexibility index (Phi) is 4.14. The van der Waals surface area contributed by atoms with Gasteiger partial charge in [-0.2, -0.15) is 3.71 Å². The van der Waals surface area contributed by atoms with E-state index in [4.69, 9.17) is 9.47 Å². The number of nitrogens with zero attached hydrogens (tertiary/aromatic N) is 1. The molecule has 1 unspecified atom stereocenters. The maximum absolute atomic E-state index is 11.9. The Balaban J connectivity index is 2.74. The van der Waals surface area contributed by atoms with Crippen LogP contribution >= 0.6 is 0 Å². The Hall–Kier alpha value is -1.74. The number of benzene rings is 1. The highest BCUT2D eigenvalue weighted by atomic mass is 32.3. The molecule has 0 saturated carbocycles. The largest absolute Gasteiger partial charge is 0.494 e. The number of fused-ring (bicyclic) bond motifs is 1. The second-order valence-electron chi connectivity index (χ2n) is 4.97. The molecule has 7 nitrogen and oxygen atoms in total. The molecule has 9 heteroatoms. The van der Waals surface area contributed by atoms with E-state index in [1.807, 2.05) is 13.0 Å². The third kappa shape index (κ3) is 3.20. The minimum atomic E-state index is -4.06. The van der Waals surface area contributed by atoms with Crippen LogP contribution in [0.25, 0.3) is 6.08 Å². The average molecular weight is 347 g/mol. The molecule has 1 heterocycles. The zero-order valence-corrected chi connectivity index (χ0v) is 14.2. The smallest absolute Gasteiger partial charge is 0.245 e. The first kappa shape index (κ1) is 16.6. The third-order valence-electron chi connectivity index (χ3n) is 2.97. The number of rotatable bonds is 4. The summed E-state index contributed by atoms with van der Waals surface area (Å²) in [6.45, 7) is 1.81. The van der Waals surface area contributed by atoms with Crippen molar-refractivity contribution in [3.05, 3.63) is 23.8 Å². The molecule has 0 saturated heterocycles. The Morgan fingerprint density at radius 1 is 1.14 bits per heavy atom. The summed E-state index contributed by atoms with van der Waals surface area (Å²) in [5.74, 6) is 0.514. The number of methoxy groups -OCH3 is 1. The standard InChI is InChI=1S/C13H17NO6S2/c1-9-5-6-10-7-13(19-2)11(8-12(10)20-9)14(21(3,15)16)22(4,17)18/h5-9H,1-4H3. The predicted octanol–water partition coefficient (Wildman–Crippen LogP) is 1.21. The van der Waals surface area contributed by atoms with Crippen LogP contribution in [0.5, 0.6) is 11.5 Å². The molecule has 0 radical (unpaired) electrons. The van der Waals surface area contributed by atoms with E-state index in [1.54, 1.807) is 6.08 Å². The maximum atomic E-state index is 11.9. The van der Waals surface area contributed by atoms with Gasteiger partial charge in [-0.3, -0.25) is 0 Å². The SMILES string of the molecule is COc1cc2c(cc1N(S(C)(=O)=O)S(C)(=O)=O)OC(C)C=C2. The minimum absolute atomic E-state index is 0.103. The van der Waals surface area contributed by atoms with Crippen LogP contribution in [0.3, 0.4) is 0 Å². The van der Waals surface area contributed by atoms with Crippen LogP contribution in [0.2, 0.25) is 0 Å².